The predicted octanol–water partition coefficient (Wildman–Crippen LogP) is 2.52. The quantitative estimate of drug-likeness (QED) is 0.859. The number of rotatable bonds is 3. The molecule has 0 N–H and O–H groups in total. The Balaban J connectivity index is 2.21. The van der Waals surface area contributed by atoms with Gasteiger partial charge in [0, 0.05) is 23.8 Å². The van der Waals surface area contributed by atoms with Crippen molar-refractivity contribution >= 4 is 21.8 Å². The number of ether oxygens (including phenoxy) is 1. The third-order valence-corrected chi connectivity index (χ3v) is 3.61. The summed E-state index contributed by atoms with van der Waals surface area (Å²) in [5.74, 6) is 0.102. The summed E-state index contributed by atoms with van der Waals surface area (Å²) < 4.78 is 8.35. The fraction of sp³-hybridized carbons (Fsp3) is 0.615. The molecule has 0 radical (unpaired) electrons. The molecule has 2 rings (SSSR count). The lowest BCUT2D eigenvalue weighted by atomic mass is 10.2. The lowest BCUT2D eigenvalue weighted by Gasteiger charge is -2.33. The van der Waals surface area contributed by atoms with Crippen molar-refractivity contribution in [3.8, 4) is 0 Å². The fourth-order valence-corrected chi connectivity index (χ4v) is 2.72. The molecule has 1 unspecified atom stereocenters. The van der Waals surface area contributed by atoms with E-state index in [1.54, 1.807) is 0 Å². The molecule has 0 bridgehead atoms. The molecule has 2 heterocycles. The third kappa shape index (κ3) is 2.78. The van der Waals surface area contributed by atoms with Crippen molar-refractivity contribution in [1.29, 1.82) is 0 Å². The van der Waals surface area contributed by atoms with Crippen LogP contribution in [0.2, 0.25) is 0 Å². The maximum Gasteiger partial charge on any atom is 0.270 e. The Kier molecular flexibility index (Phi) is 4.45. The van der Waals surface area contributed by atoms with Crippen LogP contribution in [-0.4, -0.2) is 41.2 Å². The molecule has 1 aromatic heterocycles. The van der Waals surface area contributed by atoms with Gasteiger partial charge in [-0.2, -0.15) is 0 Å². The predicted molar refractivity (Wildman–Crippen MR) is 73.7 cm³/mol. The number of hydrogen-bond acceptors (Lipinski definition) is 2. The first-order chi connectivity index (χ1) is 8.63. The minimum atomic E-state index is 0.102. The minimum absolute atomic E-state index is 0.102. The summed E-state index contributed by atoms with van der Waals surface area (Å²) in [6, 6.07) is 2.05. The lowest BCUT2D eigenvalue weighted by molar-refractivity contribution is 0.00301. The van der Waals surface area contributed by atoms with Gasteiger partial charge in [0.25, 0.3) is 5.91 Å². The van der Waals surface area contributed by atoms with Crippen molar-refractivity contribution in [2.45, 2.75) is 32.9 Å². The van der Waals surface area contributed by atoms with Gasteiger partial charge in [-0.25, -0.2) is 0 Å². The largest absolute Gasteiger partial charge is 0.377 e. The summed E-state index contributed by atoms with van der Waals surface area (Å²) >= 11 is 3.44. The normalized spacial score (nSPS) is 20.2. The molecule has 1 aromatic rings. The van der Waals surface area contributed by atoms with Crippen LogP contribution in [0.25, 0.3) is 0 Å². The first kappa shape index (κ1) is 13.6. The Bertz CT molecular complexity index is 431. The second-order valence-electron chi connectivity index (χ2n) is 4.66. The van der Waals surface area contributed by atoms with Crippen molar-refractivity contribution in [2.24, 2.45) is 0 Å². The van der Waals surface area contributed by atoms with E-state index >= 15 is 0 Å². The summed E-state index contributed by atoms with van der Waals surface area (Å²) in [7, 11) is 0. The summed E-state index contributed by atoms with van der Waals surface area (Å²) in [5.41, 5.74) is 0.762. The van der Waals surface area contributed by atoms with Gasteiger partial charge in [0.15, 0.2) is 0 Å². The van der Waals surface area contributed by atoms with Gasteiger partial charge >= 0.3 is 0 Å². The minimum Gasteiger partial charge on any atom is -0.377 e. The zero-order valence-electron chi connectivity index (χ0n) is 10.9. The second kappa shape index (κ2) is 5.89. The Morgan fingerprint density at radius 1 is 1.61 bits per heavy atom. The van der Waals surface area contributed by atoms with E-state index in [0.29, 0.717) is 19.8 Å². The number of aryl methyl sites for hydroxylation is 1. The molecule has 1 atom stereocenters. The summed E-state index contributed by atoms with van der Waals surface area (Å²) in [6.45, 7) is 6.94. The molecule has 0 aromatic carbocycles. The average Bonchev–Trinajstić information content (AvgIpc) is 2.71. The van der Waals surface area contributed by atoms with Crippen LogP contribution in [0.15, 0.2) is 16.7 Å². The van der Waals surface area contributed by atoms with Crippen LogP contribution in [0.1, 0.15) is 30.8 Å². The molecule has 0 spiro atoms. The van der Waals surface area contributed by atoms with E-state index in [4.69, 9.17) is 4.74 Å². The van der Waals surface area contributed by atoms with Gasteiger partial charge in [0.05, 0.1) is 19.3 Å². The van der Waals surface area contributed by atoms with Gasteiger partial charge < -0.3 is 14.2 Å². The number of nitrogens with zero attached hydrogens (tertiary/aromatic N) is 2. The van der Waals surface area contributed by atoms with Crippen LogP contribution in [0, 0.1) is 0 Å². The van der Waals surface area contributed by atoms with Crippen LogP contribution in [0.4, 0.5) is 0 Å². The summed E-state index contributed by atoms with van der Waals surface area (Å²) in [4.78, 5) is 14.4. The van der Waals surface area contributed by atoms with Crippen molar-refractivity contribution in [2.75, 3.05) is 19.8 Å². The Labute approximate surface area is 116 Å². The maximum absolute atomic E-state index is 12.5. The number of aromatic nitrogens is 1. The molecule has 100 valence electrons. The number of hydrogen-bond donors (Lipinski definition) is 0. The van der Waals surface area contributed by atoms with E-state index in [9.17, 15) is 4.79 Å². The first-order valence-electron chi connectivity index (χ1n) is 6.38. The topological polar surface area (TPSA) is 34.5 Å². The summed E-state index contributed by atoms with van der Waals surface area (Å²) in [6.07, 6.45) is 2.99. The molecule has 1 saturated heterocycles. The Hall–Kier alpha value is -0.810. The van der Waals surface area contributed by atoms with Gasteiger partial charge in [-0.05, 0) is 35.3 Å². The smallest absolute Gasteiger partial charge is 0.270 e. The Morgan fingerprint density at radius 3 is 3.06 bits per heavy atom. The molecule has 5 heteroatoms. The molecule has 1 aliphatic heterocycles. The number of halogens is 1. The van der Waals surface area contributed by atoms with E-state index in [-0.39, 0.29) is 11.9 Å². The molecule has 4 nitrogen and oxygen atoms in total. The van der Waals surface area contributed by atoms with Crippen molar-refractivity contribution < 1.29 is 9.53 Å². The monoisotopic (exact) mass is 314 g/mol. The van der Waals surface area contributed by atoms with E-state index in [2.05, 4.69) is 22.9 Å². The SMILES string of the molecule is CCCn1cc(Br)cc1C(=O)N1CCOCC1C. The standard InChI is InChI=1S/C13H19BrN2O2/c1-3-4-15-8-11(14)7-12(15)13(17)16-5-6-18-9-10(16)2/h7-8,10H,3-6,9H2,1-2H3. The highest BCUT2D eigenvalue weighted by Gasteiger charge is 2.26. The van der Waals surface area contributed by atoms with E-state index < -0.39 is 0 Å². The fourth-order valence-electron chi connectivity index (χ4n) is 2.26. The average molecular weight is 315 g/mol. The highest BCUT2D eigenvalue weighted by Crippen LogP contribution is 2.19. The highest BCUT2D eigenvalue weighted by atomic mass is 79.9. The van der Waals surface area contributed by atoms with Crippen molar-refractivity contribution in [3.63, 3.8) is 0 Å². The molecule has 1 fully saturated rings. The van der Waals surface area contributed by atoms with Gasteiger partial charge in [-0.15, -0.1) is 0 Å². The molecular weight excluding hydrogens is 296 g/mol. The first-order valence-corrected chi connectivity index (χ1v) is 7.17. The van der Waals surface area contributed by atoms with E-state index in [1.807, 2.05) is 28.7 Å². The Morgan fingerprint density at radius 2 is 2.39 bits per heavy atom. The van der Waals surface area contributed by atoms with E-state index in [1.165, 1.54) is 0 Å². The molecule has 1 aliphatic rings. The molecule has 18 heavy (non-hydrogen) atoms. The number of morpholine rings is 1. The van der Waals surface area contributed by atoms with Gasteiger partial charge in [-0.3, -0.25) is 4.79 Å². The van der Waals surface area contributed by atoms with Crippen molar-refractivity contribution in [3.05, 3.63) is 22.4 Å². The summed E-state index contributed by atoms with van der Waals surface area (Å²) in [5, 5.41) is 0. The zero-order chi connectivity index (χ0) is 13.1. The zero-order valence-corrected chi connectivity index (χ0v) is 12.4. The number of amides is 1. The van der Waals surface area contributed by atoms with Gasteiger partial charge in [-0.1, -0.05) is 6.92 Å². The van der Waals surface area contributed by atoms with Crippen LogP contribution in [0.3, 0.4) is 0 Å². The molecule has 0 saturated carbocycles. The van der Waals surface area contributed by atoms with Gasteiger partial charge in [0.1, 0.15) is 5.69 Å². The molecule has 0 aliphatic carbocycles. The van der Waals surface area contributed by atoms with Crippen LogP contribution >= 0.6 is 15.9 Å². The van der Waals surface area contributed by atoms with E-state index in [0.717, 1.165) is 23.1 Å². The molecule has 1 amide bonds. The van der Waals surface area contributed by atoms with Gasteiger partial charge in [0.2, 0.25) is 0 Å². The van der Waals surface area contributed by atoms with Crippen LogP contribution < -0.4 is 0 Å². The number of carbonyl (C=O) groups excluding carboxylic acids is 1. The third-order valence-electron chi connectivity index (χ3n) is 3.18. The highest BCUT2D eigenvalue weighted by molar-refractivity contribution is 9.10. The maximum atomic E-state index is 12.5. The second-order valence-corrected chi connectivity index (χ2v) is 5.58. The van der Waals surface area contributed by atoms with Crippen LogP contribution in [0.5, 0.6) is 0 Å². The molecular formula is C13H19BrN2O2. The lowest BCUT2D eigenvalue weighted by Crippen LogP contribution is -2.47. The van der Waals surface area contributed by atoms with Crippen LogP contribution in [-0.2, 0) is 11.3 Å². The number of carbonyl (C=O) groups is 1. The van der Waals surface area contributed by atoms with Crippen molar-refractivity contribution in [1.82, 2.24) is 9.47 Å².